The highest BCUT2D eigenvalue weighted by molar-refractivity contribution is 7.91. The second kappa shape index (κ2) is 5.00. The van der Waals surface area contributed by atoms with Gasteiger partial charge in [0.25, 0.3) is 0 Å². The molecule has 1 aliphatic heterocycles. The summed E-state index contributed by atoms with van der Waals surface area (Å²) in [7, 11) is -2.87. The van der Waals surface area contributed by atoms with Gasteiger partial charge in [-0.15, -0.1) is 11.6 Å². The summed E-state index contributed by atoms with van der Waals surface area (Å²) in [4.78, 5) is 8.91. The van der Waals surface area contributed by atoms with Gasteiger partial charge in [-0.2, -0.15) is 0 Å². The molecule has 2 aromatic rings. The van der Waals surface area contributed by atoms with Crippen molar-refractivity contribution in [2.24, 2.45) is 5.92 Å². The first-order valence-corrected chi connectivity index (χ1v) is 8.92. The molecule has 0 radical (unpaired) electrons. The number of aryl methyl sites for hydroxylation is 1. The fourth-order valence-corrected chi connectivity index (χ4v) is 4.78. The molecular formula is C13H16ClN3O2S. The average molecular weight is 314 g/mol. The fraction of sp³-hybridized carbons (Fsp3) is 0.538. The van der Waals surface area contributed by atoms with E-state index in [-0.39, 0.29) is 17.4 Å². The number of aromatic nitrogens is 3. The standard InChI is InChI=1S/C13H16ClN3O2S/c1-9-4-11-13(15-6-9)17(12(5-14)16-11)7-10-2-3-20(18,19)8-10/h4,6,10H,2-3,5,7-8H2,1H3. The molecule has 20 heavy (non-hydrogen) atoms. The van der Waals surface area contributed by atoms with E-state index >= 15 is 0 Å². The highest BCUT2D eigenvalue weighted by Gasteiger charge is 2.29. The second-order valence-electron chi connectivity index (χ2n) is 5.40. The van der Waals surface area contributed by atoms with Crippen LogP contribution in [0.3, 0.4) is 0 Å². The number of hydrogen-bond donors (Lipinski definition) is 0. The van der Waals surface area contributed by atoms with E-state index in [1.807, 2.05) is 17.6 Å². The van der Waals surface area contributed by atoms with Crippen LogP contribution in [0.25, 0.3) is 11.2 Å². The molecule has 3 heterocycles. The van der Waals surface area contributed by atoms with E-state index < -0.39 is 9.84 Å². The van der Waals surface area contributed by atoms with E-state index in [1.165, 1.54) is 0 Å². The SMILES string of the molecule is Cc1cnc2c(c1)nc(CCl)n2CC1CCS(=O)(=O)C1. The molecule has 0 aromatic carbocycles. The van der Waals surface area contributed by atoms with Crippen LogP contribution in [-0.2, 0) is 22.3 Å². The van der Waals surface area contributed by atoms with Gasteiger partial charge in [0, 0.05) is 12.7 Å². The quantitative estimate of drug-likeness (QED) is 0.812. The maximum absolute atomic E-state index is 11.6. The lowest BCUT2D eigenvalue weighted by molar-refractivity contribution is 0.489. The number of fused-ring (bicyclic) bond motifs is 1. The number of hydrogen-bond acceptors (Lipinski definition) is 4. The Morgan fingerprint density at radius 2 is 2.30 bits per heavy atom. The normalized spacial score (nSPS) is 21.6. The van der Waals surface area contributed by atoms with Crippen LogP contribution in [0.5, 0.6) is 0 Å². The zero-order valence-corrected chi connectivity index (χ0v) is 12.8. The van der Waals surface area contributed by atoms with Gasteiger partial charge < -0.3 is 4.57 Å². The lowest BCUT2D eigenvalue weighted by atomic mass is 10.1. The molecule has 3 rings (SSSR count). The summed E-state index contributed by atoms with van der Waals surface area (Å²) < 4.78 is 25.1. The molecule has 0 bridgehead atoms. The van der Waals surface area contributed by atoms with Gasteiger partial charge in [-0.25, -0.2) is 18.4 Å². The first-order chi connectivity index (χ1) is 9.48. The van der Waals surface area contributed by atoms with Crippen molar-refractivity contribution >= 4 is 32.6 Å². The van der Waals surface area contributed by atoms with Crippen LogP contribution in [-0.4, -0.2) is 34.5 Å². The minimum absolute atomic E-state index is 0.127. The Morgan fingerprint density at radius 3 is 2.95 bits per heavy atom. The van der Waals surface area contributed by atoms with E-state index in [0.717, 1.165) is 22.6 Å². The van der Waals surface area contributed by atoms with Crippen LogP contribution in [0.2, 0.25) is 0 Å². The molecule has 108 valence electrons. The zero-order chi connectivity index (χ0) is 14.3. The predicted molar refractivity (Wildman–Crippen MR) is 78.6 cm³/mol. The lowest BCUT2D eigenvalue weighted by Crippen LogP contribution is -2.14. The molecule has 1 fully saturated rings. The first kappa shape index (κ1) is 13.8. The number of sulfone groups is 1. The minimum Gasteiger partial charge on any atom is -0.311 e. The monoisotopic (exact) mass is 313 g/mol. The Kier molecular flexibility index (Phi) is 3.46. The Bertz CT molecular complexity index is 754. The van der Waals surface area contributed by atoms with E-state index in [2.05, 4.69) is 9.97 Å². The van der Waals surface area contributed by atoms with Crippen molar-refractivity contribution in [3.05, 3.63) is 23.7 Å². The van der Waals surface area contributed by atoms with Crippen LogP contribution < -0.4 is 0 Å². The maximum Gasteiger partial charge on any atom is 0.160 e. The molecule has 0 spiro atoms. The molecule has 1 aliphatic rings. The van der Waals surface area contributed by atoms with Crippen LogP contribution in [0.1, 0.15) is 17.8 Å². The highest BCUT2D eigenvalue weighted by Crippen LogP contribution is 2.24. The third-order valence-corrected chi connectivity index (χ3v) is 5.76. The highest BCUT2D eigenvalue weighted by atomic mass is 35.5. The first-order valence-electron chi connectivity index (χ1n) is 6.56. The molecule has 0 saturated carbocycles. The second-order valence-corrected chi connectivity index (χ2v) is 7.89. The molecular weight excluding hydrogens is 298 g/mol. The fourth-order valence-electron chi connectivity index (χ4n) is 2.73. The van der Waals surface area contributed by atoms with Crippen molar-refractivity contribution in [3.63, 3.8) is 0 Å². The summed E-state index contributed by atoms with van der Waals surface area (Å²) in [5.41, 5.74) is 2.66. The van der Waals surface area contributed by atoms with Gasteiger partial charge in [-0.05, 0) is 30.9 Å². The zero-order valence-electron chi connectivity index (χ0n) is 11.2. The average Bonchev–Trinajstić information content (AvgIpc) is 2.90. The number of rotatable bonds is 3. The van der Waals surface area contributed by atoms with Crippen LogP contribution in [0.15, 0.2) is 12.3 Å². The lowest BCUT2D eigenvalue weighted by Gasteiger charge is -2.11. The Hall–Kier alpha value is -1.14. The summed E-state index contributed by atoms with van der Waals surface area (Å²) in [6.45, 7) is 2.59. The molecule has 0 amide bonds. The topological polar surface area (TPSA) is 64.8 Å². The van der Waals surface area contributed by atoms with Gasteiger partial charge in [0.05, 0.1) is 17.4 Å². The van der Waals surface area contributed by atoms with Crippen molar-refractivity contribution in [3.8, 4) is 0 Å². The van der Waals surface area contributed by atoms with Crippen LogP contribution in [0.4, 0.5) is 0 Å². The number of imidazole rings is 1. The van der Waals surface area contributed by atoms with Crippen molar-refractivity contribution in [2.45, 2.75) is 25.8 Å². The van der Waals surface area contributed by atoms with Crippen molar-refractivity contribution in [2.75, 3.05) is 11.5 Å². The molecule has 1 atom stereocenters. The van der Waals surface area contributed by atoms with Crippen LogP contribution in [0, 0.1) is 12.8 Å². The third-order valence-electron chi connectivity index (χ3n) is 3.69. The molecule has 5 nitrogen and oxygen atoms in total. The number of halogens is 1. The smallest absolute Gasteiger partial charge is 0.160 e. The largest absolute Gasteiger partial charge is 0.311 e. The van der Waals surface area contributed by atoms with Gasteiger partial charge in [0.2, 0.25) is 0 Å². The Morgan fingerprint density at radius 1 is 1.50 bits per heavy atom. The van der Waals surface area contributed by atoms with E-state index in [0.29, 0.717) is 18.8 Å². The number of nitrogens with zero attached hydrogens (tertiary/aromatic N) is 3. The van der Waals surface area contributed by atoms with E-state index in [1.54, 1.807) is 6.20 Å². The van der Waals surface area contributed by atoms with Gasteiger partial charge in [0.15, 0.2) is 15.5 Å². The van der Waals surface area contributed by atoms with Crippen molar-refractivity contribution in [1.29, 1.82) is 0 Å². The van der Waals surface area contributed by atoms with Gasteiger partial charge >= 0.3 is 0 Å². The summed E-state index contributed by atoms with van der Waals surface area (Å²) in [6, 6.07) is 1.97. The Balaban J connectivity index is 1.98. The number of pyridine rings is 1. The molecule has 7 heteroatoms. The molecule has 0 N–H and O–H groups in total. The van der Waals surface area contributed by atoms with Crippen molar-refractivity contribution in [1.82, 2.24) is 14.5 Å². The minimum atomic E-state index is -2.87. The summed E-state index contributed by atoms with van der Waals surface area (Å²) >= 11 is 5.96. The molecule has 2 aromatic heterocycles. The van der Waals surface area contributed by atoms with Crippen LogP contribution >= 0.6 is 11.6 Å². The molecule has 1 saturated heterocycles. The number of alkyl halides is 1. The van der Waals surface area contributed by atoms with Crippen molar-refractivity contribution < 1.29 is 8.42 Å². The van der Waals surface area contributed by atoms with Gasteiger partial charge in [0.1, 0.15) is 11.3 Å². The Labute approximate surface area is 122 Å². The van der Waals surface area contributed by atoms with E-state index in [9.17, 15) is 8.42 Å². The molecule has 1 unspecified atom stereocenters. The third kappa shape index (κ3) is 2.54. The summed E-state index contributed by atoms with van der Waals surface area (Å²) in [5.74, 6) is 1.72. The van der Waals surface area contributed by atoms with E-state index in [4.69, 9.17) is 11.6 Å². The van der Waals surface area contributed by atoms with Gasteiger partial charge in [-0.1, -0.05) is 0 Å². The predicted octanol–water partition coefficient (Wildman–Crippen LogP) is 1.91. The maximum atomic E-state index is 11.6. The summed E-state index contributed by atoms with van der Waals surface area (Å²) in [5, 5.41) is 0. The summed E-state index contributed by atoms with van der Waals surface area (Å²) in [6.07, 6.45) is 2.50. The van der Waals surface area contributed by atoms with Gasteiger partial charge in [-0.3, -0.25) is 0 Å². The molecule has 0 aliphatic carbocycles.